The minimum atomic E-state index is -0.0559. The van der Waals surface area contributed by atoms with E-state index in [1.54, 1.807) is 24.1 Å². The Hall–Kier alpha value is -1.31. The fraction of sp³-hybridized carbons (Fsp3) is 0.429. The number of piperazine rings is 1. The average molecular weight is 392 g/mol. The van der Waals surface area contributed by atoms with Gasteiger partial charge >= 0.3 is 0 Å². The lowest BCUT2D eigenvalue weighted by Crippen LogP contribution is -2.51. The van der Waals surface area contributed by atoms with Crippen LogP contribution in [0.25, 0.3) is 0 Å². The Morgan fingerprint density at radius 2 is 1.91 bits per heavy atom. The van der Waals surface area contributed by atoms with Gasteiger partial charge in [0.05, 0.1) is 12.1 Å². The molecule has 1 saturated heterocycles. The fourth-order valence-corrected chi connectivity index (χ4v) is 2.67. The number of amides is 2. The lowest BCUT2D eigenvalue weighted by Gasteiger charge is -2.34. The molecule has 0 bridgehead atoms. The highest BCUT2D eigenvalue weighted by molar-refractivity contribution is 9.10. The molecule has 1 aromatic carbocycles. The molecule has 0 aromatic heterocycles. The van der Waals surface area contributed by atoms with Crippen molar-refractivity contribution in [3.63, 3.8) is 0 Å². The molecule has 1 fully saturated rings. The number of nitrogens with zero attached hydrogens (tertiary/aromatic N) is 2. The zero-order chi connectivity index (χ0) is 15.4. The fourth-order valence-electron chi connectivity index (χ4n) is 2.29. The van der Waals surface area contributed by atoms with Gasteiger partial charge in [0.1, 0.15) is 0 Å². The van der Waals surface area contributed by atoms with Crippen LogP contribution in [0.3, 0.4) is 0 Å². The van der Waals surface area contributed by atoms with Crippen LogP contribution in [0.2, 0.25) is 0 Å². The van der Waals surface area contributed by atoms with E-state index in [1.165, 1.54) is 0 Å². The molecule has 0 aliphatic carbocycles. The third-order valence-electron chi connectivity index (χ3n) is 3.55. The predicted octanol–water partition coefficient (Wildman–Crippen LogP) is 0.957. The molecule has 0 spiro atoms. The zero-order valence-electron chi connectivity index (χ0n) is 12.3. The van der Waals surface area contributed by atoms with E-state index in [0.29, 0.717) is 44.0 Å². The Morgan fingerprint density at radius 3 is 2.45 bits per heavy atom. The number of nitrogens with two attached hydrogens (primary N) is 1. The number of hydrogen-bond acceptors (Lipinski definition) is 4. The average Bonchev–Trinajstić information content (AvgIpc) is 2.47. The monoisotopic (exact) mass is 390 g/mol. The van der Waals surface area contributed by atoms with Gasteiger partial charge in [0.25, 0.3) is 5.91 Å². The topological polar surface area (TPSA) is 78.7 Å². The zero-order valence-corrected chi connectivity index (χ0v) is 14.7. The van der Waals surface area contributed by atoms with Crippen molar-refractivity contribution >= 4 is 45.8 Å². The van der Waals surface area contributed by atoms with E-state index in [0.717, 1.165) is 4.47 Å². The Labute approximate surface area is 144 Å². The van der Waals surface area contributed by atoms with Gasteiger partial charge in [-0.25, -0.2) is 0 Å². The summed E-state index contributed by atoms with van der Waals surface area (Å²) in [6.07, 6.45) is 0. The molecule has 22 heavy (non-hydrogen) atoms. The van der Waals surface area contributed by atoms with Crippen molar-refractivity contribution < 1.29 is 9.59 Å². The maximum Gasteiger partial charge on any atom is 0.256 e. The highest BCUT2D eigenvalue weighted by Gasteiger charge is 2.24. The molecule has 0 radical (unpaired) electrons. The molecular formula is C14H20BrClN4O2. The van der Waals surface area contributed by atoms with Gasteiger partial charge in [-0.15, -0.1) is 12.4 Å². The van der Waals surface area contributed by atoms with Gasteiger partial charge in [-0.3, -0.25) is 14.5 Å². The quantitative estimate of drug-likeness (QED) is 0.752. The third-order valence-corrected chi connectivity index (χ3v) is 4.04. The second-order valence-corrected chi connectivity index (χ2v) is 5.89. The first-order valence-electron chi connectivity index (χ1n) is 6.78. The second kappa shape index (κ2) is 8.36. The summed E-state index contributed by atoms with van der Waals surface area (Å²) in [6, 6.07) is 5.28. The molecule has 1 heterocycles. The van der Waals surface area contributed by atoms with E-state index in [-0.39, 0.29) is 24.2 Å². The van der Waals surface area contributed by atoms with Crippen LogP contribution < -0.4 is 11.1 Å². The molecule has 1 aromatic rings. The van der Waals surface area contributed by atoms with E-state index < -0.39 is 0 Å². The van der Waals surface area contributed by atoms with E-state index in [1.807, 2.05) is 11.0 Å². The van der Waals surface area contributed by atoms with Crippen LogP contribution in [-0.4, -0.2) is 61.4 Å². The Bertz CT molecular complexity index is 548. The minimum Gasteiger partial charge on any atom is -0.398 e. The molecular weight excluding hydrogens is 372 g/mol. The molecule has 1 aliphatic rings. The largest absolute Gasteiger partial charge is 0.398 e. The molecule has 0 atom stereocenters. The first-order valence-corrected chi connectivity index (χ1v) is 7.58. The number of likely N-dealkylation sites (N-methyl/N-ethyl adjacent to an activating group) is 1. The SMILES string of the molecule is CNC(=O)CN1CCN(C(=O)c2ccc(Br)cc2N)CC1.Cl. The first-order chi connectivity index (χ1) is 10.0. The van der Waals surface area contributed by atoms with Gasteiger partial charge in [-0.2, -0.15) is 0 Å². The third kappa shape index (κ3) is 4.59. The Kier molecular flexibility index (Phi) is 7.12. The van der Waals surface area contributed by atoms with E-state index in [2.05, 4.69) is 21.2 Å². The smallest absolute Gasteiger partial charge is 0.256 e. The standard InChI is InChI=1S/C14H19BrN4O2.ClH/c1-17-13(20)9-18-4-6-19(7-5-18)14(21)11-3-2-10(15)8-12(11)16;/h2-3,8H,4-7,9,16H2,1H3,(H,17,20);1H. The molecule has 1 aliphatic heterocycles. The molecule has 2 amide bonds. The van der Waals surface area contributed by atoms with Gasteiger partial charge in [0.2, 0.25) is 5.91 Å². The summed E-state index contributed by atoms with van der Waals surface area (Å²) in [7, 11) is 1.62. The van der Waals surface area contributed by atoms with Crippen molar-refractivity contribution in [1.29, 1.82) is 0 Å². The van der Waals surface area contributed by atoms with E-state index in [9.17, 15) is 9.59 Å². The van der Waals surface area contributed by atoms with Gasteiger partial charge in [-0.05, 0) is 18.2 Å². The summed E-state index contributed by atoms with van der Waals surface area (Å²) >= 11 is 3.33. The summed E-state index contributed by atoms with van der Waals surface area (Å²) in [5.74, 6) is -0.0634. The normalized spacial score (nSPS) is 15.1. The number of anilines is 1. The number of hydrogen-bond donors (Lipinski definition) is 2. The number of rotatable bonds is 3. The van der Waals surface area contributed by atoms with Crippen molar-refractivity contribution in [2.24, 2.45) is 0 Å². The highest BCUT2D eigenvalue weighted by atomic mass is 79.9. The van der Waals surface area contributed by atoms with Crippen molar-refractivity contribution in [3.8, 4) is 0 Å². The molecule has 2 rings (SSSR count). The van der Waals surface area contributed by atoms with Crippen LogP contribution in [0.15, 0.2) is 22.7 Å². The number of nitrogens with one attached hydrogen (secondary N) is 1. The maximum atomic E-state index is 12.4. The van der Waals surface area contributed by atoms with E-state index >= 15 is 0 Å². The summed E-state index contributed by atoms with van der Waals surface area (Å²) in [6.45, 7) is 2.96. The van der Waals surface area contributed by atoms with Crippen molar-refractivity contribution in [2.75, 3.05) is 45.5 Å². The summed E-state index contributed by atoms with van der Waals surface area (Å²) in [4.78, 5) is 27.6. The van der Waals surface area contributed by atoms with Crippen LogP contribution in [0, 0.1) is 0 Å². The molecule has 0 unspecified atom stereocenters. The maximum absolute atomic E-state index is 12.4. The Morgan fingerprint density at radius 1 is 1.27 bits per heavy atom. The predicted molar refractivity (Wildman–Crippen MR) is 92.2 cm³/mol. The van der Waals surface area contributed by atoms with Crippen molar-refractivity contribution in [1.82, 2.24) is 15.1 Å². The summed E-state index contributed by atoms with van der Waals surface area (Å²) in [5, 5.41) is 2.60. The molecule has 8 heteroatoms. The van der Waals surface area contributed by atoms with Crippen LogP contribution in [0.5, 0.6) is 0 Å². The summed E-state index contributed by atoms with van der Waals surface area (Å²) in [5.41, 5.74) is 6.90. The van der Waals surface area contributed by atoms with Gasteiger partial charge in [-0.1, -0.05) is 15.9 Å². The number of carbonyl (C=O) groups is 2. The van der Waals surface area contributed by atoms with Crippen molar-refractivity contribution in [3.05, 3.63) is 28.2 Å². The molecule has 6 nitrogen and oxygen atoms in total. The van der Waals surface area contributed by atoms with Crippen LogP contribution >= 0.6 is 28.3 Å². The van der Waals surface area contributed by atoms with Crippen molar-refractivity contribution in [2.45, 2.75) is 0 Å². The Balaban J connectivity index is 0.00000242. The van der Waals surface area contributed by atoms with Gasteiger partial charge in [0, 0.05) is 43.4 Å². The highest BCUT2D eigenvalue weighted by Crippen LogP contribution is 2.20. The van der Waals surface area contributed by atoms with E-state index in [4.69, 9.17) is 5.73 Å². The number of halogens is 2. The number of carbonyl (C=O) groups excluding carboxylic acids is 2. The summed E-state index contributed by atoms with van der Waals surface area (Å²) < 4.78 is 0.854. The molecule has 122 valence electrons. The second-order valence-electron chi connectivity index (χ2n) is 4.97. The van der Waals surface area contributed by atoms with Crippen LogP contribution in [0.1, 0.15) is 10.4 Å². The number of nitrogen functional groups attached to an aromatic ring is 1. The van der Waals surface area contributed by atoms with Crippen LogP contribution in [-0.2, 0) is 4.79 Å². The molecule has 3 N–H and O–H groups in total. The van der Waals surface area contributed by atoms with Crippen LogP contribution in [0.4, 0.5) is 5.69 Å². The lowest BCUT2D eigenvalue weighted by atomic mass is 10.1. The first kappa shape index (κ1) is 18.7. The lowest BCUT2D eigenvalue weighted by molar-refractivity contribution is -0.122. The van der Waals surface area contributed by atoms with Gasteiger partial charge < -0.3 is 16.0 Å². The minimum absolute atomic E-state index is 0. The van der Waals surface area contributed by atoms with Gasteiger partial charge in [0.15, 0.2) is 0 Å². The molecule has 0 saturated carbocycles. The number of benzene rings is 1.